The first-order valence-electron chi connectivity index (χ1n) is 4.83. The fourth-order valence-corrected chi connectivity index (χ4v) is 1.70. The molecule has 0 aliphatic carbocycles. The molecule has 88 valence electrons. The lowest BCUT2D eigenvalue weighted by Gasteiger charge is -2.05. The highest BCUT2D eigenvalue weighted by atomic mass is 35.5. The van der Waals surface area contributed by atoms with Gasteiger partial charge < -0.3 is 10.1 Å². The second kappa shape index (κ2) is 6.86. The van der Waals surface area contributed by atoms with E-state index in [1.165, 1.54) is 0 Å². The summed E-state index contributed by atoms with van der Waals surface area (Å²) in [6.07, 6.45) is 0. The number of halogens is 2. The Bertz CT molecular complexity index is 369. The van der Waals surface area contributed by atoms with E-state index in [-0.39, 0.29) is 12.3 Å². The van der Waals surface area contributed by atoms with Crippen LogP contribution >= 0.6 is 23.2 Å². The van der Waals surface area contributed by atoms with Crippen LogP contribution in [-0.2, 0) is 4.74 Å². The Morgan fingerprint density at radius 2 is 2.19 bits per heavy atom. The van der Waals surface area contributed by atoms with E-state index < -0.39 is 0 Å². The molecule has 0 spiro atoms. The Kier molecular flexibility index (Phi) is 5.77. The Labute approximate surface area is 105 Å². The zero-order valence-electron chi connectivity index (χ0n) is 8.93. The minimum absolute atomic E-state index is 0.0576. The molecule has 0 saturated heterocycles. The molecular formula is C11H13Cl2NO2. The number of nitrogens with one attached hydrogen (secondary N) is 1. The monoisotopic (exact) mass is 261 g/mol. The minimum atomic E-state index is -0.0576. The van der Waals surface area contributed by atoms with Crippen LogP contribution in [0.1, 0.15) is 10.4 Å². The molecule has 1 aromatic rings. The predicted molar refractivity (Wildman–Crippen MR) is 65.5 cm³/mol. The maximum atomic E-state index is 11.7. The molecule has 0 aliphatic rings. The number of carbonyl (C=O) groups is 1. The minimum Gasteiger partial charge on any atom is -0.383 e. The van der Waals surface area contributed by atoms with Gasteiger partial charge in [-0.3, -0.25) is 4.79 Å². The lowest BCUT2D eigenvalue weighted by atomic mass is 10.1. The summed E-state index contributed by atoms with van der Waals surface area (Å²) >= 11 is 11.6. The van der Waals surface area contributed by atoms with Crippen molar-refractivity contribution in [3.8, 4) is 0 Å². The number of rotatable bonds is 6. The van der Waals surface area contributed by atoms with Crippen LogP contribution in [0.25, 0.3) is 0 Å². The van der Waals surface area contributed by atoms with Gasteiger partial charge in [-0.2, -0.15) is 0 Å². The van der Waals surface area contributed by atoms with E-state index in [9.17, 15) is 4.79 Å². The van der Waals surface area contributed by atoms with E-state index in [0.717, 1.165) is 0 Å². The zero-order chi connectivity index (χ0) is 12.0. The van der Waals surface area contributed by atoms with E-state index in [0.29, 0.717) is 28.8 Å². The summed E-state index contributed by atoms with van der Waals surface area (Å²) in [5.41, 5.74) is 0.482. The molecule has 0 fully saturated rings. The van der Waals surface area contributed by atoms with Gasteiger partial charge in [-0.1, -0.05) is 23.2 Å². The highest BCUT2D eigenvalue weighted by Crippen LogP contribution is 2.21. The normalized spacial score (nSPS) is 10.4. The highest BCUT2D eigenvalue weighted by Gasteiger charge is 2.09. The molecule has 5 heteroatoms. The van der Waals surface area contributed by atoms with Gasteiger partial charge in [0, 0.05) is 24.2 Å². The summed E-state index contributed by atoms with van der Waals surface area (Å²) in [6, 6.07) is 4.84. The Morgan fingerprint density at radius 3 is 2.81 bits per heavy atom. The molecule has 0 amide bonds. The maximum absolute atomic E-state index is 11.7. The number of benzene rings is 1. The summed E-state index contributed by atoms with van der Waals surface area (Å²) < 4.78 is 4.85. The van der Waals surface area contributed by atoms with E-state index in [4.69, 9.17) is 27.9 Å². The van der Waals surface area contributed by atoms with Crippen LogP contribution in [0.2, 0.25) is 10.0 Å². The van der Waals surface area contributed by atoms with Gasteiger partial charge in [0.2, 0.25) is 0 Å². The number of ketones is 1. The van der Waals surface area contributed by atoms with Gasteiger partial charge in [-0.15, -0.1) is 0 Å². The molecule has 0 radical (unpaired) electrons. The van der Waals surface area contributed by atoms with Crippen molar-refractivity contribution in [3.05, 3.63) is 33.8 Å². The van der Waals surface area contributed by atoms with Crippen LogP contribution in [-0.4, -0.2) is 32.6 Å². The molecular weight excluding hydrogens is 249 g/mol. The third kappa shape index (κ3) is 4.10. The molecule has 3 nitrogen and oxygen atoms in total. The van der Waals surface area contributed by atoms with Gasteiger partial charge >= 0.3 is 0 Å². The van der Waals surface area contributed by atoms with Crippen LogP contribution in [0.3, 0.4) is 0 Å². The van der Waals surface area contributed by atoms with Gasteiger partial charge in [0.1, 0.15) is 0 Å². The van der Waals surface area contributed by atoms with Gasteiger partial charge in [0.15, 0.2) is 5.78 Å². The molecule has 0 bridgehead atoms. The van der Waals surface area contributed by atoms with Gasteiger partial charge in [-0.25, -0.2) is 0 Å². The van der Waals surface area contributed by atoms with Crippen LogP contribution in [0.15, 0.2) is 18.2 Å². The summed E-state index contributed by atoms with van der Waals surface area (Å²) in [5.74, 6) is -0.0576. The van der Waals surface area contributed by atoms with Crippen molar-refractivity contribution >= 4 is 29.0 Å². The van der Waals surface area contributed by atoms with E-state index in [1.807, 2.05) is 0 Å². The van der Waals surface area contributed by atoms with E-state index in [2.05, 4.69) is 5.32 Å². The third-order valence-corrected chi connectivity index (χ3v) is 2.55. The Balaban J connectivity index is 2.53. The molecule has 0 aliphatic heterocycles. The molecule has 1 rings (SSSR count). The van der Waals surface area contributed by atoms with Crippen molar-refractivity contribution in [2.24, 2.45) is 0 Å². The Morgan fingerprint density at radius 1 is 1.44 bits per heavy atom. The molecule has 1 N–H and O–H groups in total. The first-order valence-corrected chi connectivity index (χ1v) is 5.58. The van der Waals surface area contributed by atoms with Crippen molar-refractivity contribution in [1.29, 1.82) is 0 Å². The smallest absolute Gasteiger partial charge is 0.178 e. The maximum Gasteiger partial charge on any atom is 0.178 e. The fraction of sp³-hybridized carbons (Fsp3) is 0.364. The average molecular weight is 262 g/mol. The summed E-state index contributed by atoms with van der Waals surface area (Å²) in [7, 11) is 1.61. The van der Waals surface area contributed by atoms with E-state index >= 15 is 0 Å². The number of hydrogen-bond acceptors (Lipinski definition) is 3. The van der Waals surface area contributed by atoms with Crippen molar-refractivity contribution in [2.75, 3.05) is 26.8 Å². The number of hydrogen-bond donors (Lipinski definition) is 1. The van der Waals surface area contributed by atoms with Crippen LogP contribution < -0.4 is 5.32 Å². The topological polar surface area (TPSA) is 38.3 Å². The van der Waals surface area contributed by atoms with Crippen molar-refractivity contribution in [2.45, 2.75) is 0 Å². The number of carbonyl (C=O) groups excluding carboxylic acids is 1. The van der Waals surface area contributed by atoms with Crippen LogP contribution in [0, 0.1) is 0 Å². The van der Waals surface area contributed by atoms with Crippen LogP contribution in [0.5, 0.6) is 0 Å². The Hall–Kier alpha value is -0.610. The molecule has 0 saturated carbocycles. The van der Waals surface area contributed by atoms with Crippen LogP contribution in [0.4, 0.5) is 0 Å². The quantitative estimate of drug-likeness (QED) is 0.632. The second-order valence-electron chi connectivity index (χ2n) is 3.22. The molecule has 1 aromatic carbocycles. The first-order chi connectivity index (χ1) is 7.65. The molecule has 16 heavy (non-hydrogen) atoms. The van der Waals surface area contributed by atoms with E-state index in [1.54, 1.807) is 25.3 Å². The van der Waals surface area contributed by atoms with Crippen molar-refractivity contribution in [1.82, 2.24) is 5.32 Å². The predicted octanol–water partition coefficient (Wildman–Crippen LogP) is 2.41. The fourth-order valence-electron chi connectivity index (χ4n) is 1.19. The molecule has 0 heterocycles. The lowest BCUT2D eigenvalue weighted by molar-refractivity contribution is 0.0988. The molecule has 0 unspecified atom stereocenters. The average Bonchev–Trinajstić information content (AvgIpc) is 2.24. The summed E-state index contributed by atoms with van der Waals surface area (Å²) in [6.45, 7) is 1.44. The standard InChI is InChI=1S/C11H13Cl2NO2/c1-16-5-4-14-7-11(15)9-3-2-8(12)6-10(9)13/h2-3,6,14H,4-5,7H2,1H3. The summed E-state index contributed by atoms with van der Waals surface area (Å²) in [5, 5.41) is 3.86. The number of ether oxygens (including phenoxy) is 1. The largest absolute Gasteiger partial charge is 0.383 e. The van der Waals surface area contributed by atoms with Crippen molar-refractivity contribution < 1.29 is 9.53 Å². The molecule has 0 aromatic heterocycles. The SMILES string of the molecule is COCCNCC(=O)c1ccc(Cl)cc1Cl. The first kappa shape index (κ1) is 13.5. The number of methoxy groups -OCH3 is 1. The number of Topliss-reactive ketones (excluding diaryl/α,β-unsaturated/α-hetero) is 1. The lowest BCUT2D eigenvalue weighted by Crippen LogP contribution is -2.26. The second-order valence-corrected chi connectivity index (χ2v) is 4.06. The highest BCUT2D eigenvalue weighted by molar-refractivity contribution is 6.36. The van der Waals surface area contributed by atoms with Gasteiger partial charge in [-0.05, 0) is 18.2 Å². The molecule has 0 atom stereocenters. The third-order valence-electron chi connectivity index (χ3n) is 2.00. The zero-order valence-corrected chi connectivity index (χ0v) is 10.4. The van der Waals surface area contributed by atoms with Gasteiger partial charge in [0.25, 0.3) is 0 Å². The van der Waals surface area contributed by atoms with Crippen molar-refractivity contribution in [3.63, 3.8) is 0 Å². The summed E-state index contributed by atoms with van der Waals surface area (Å²) in [4.78, 5) is 11.7. The van der Waals surface area contributed by atoms with Gasteiger partial charge in [0.05, 0.1) is 18.2 Å².